The summed E-state index contributed by atoms with van der Waals surface area (Å²) < 4.78 is 12.8. The van der Waals surface area contributed by atoms with Gasteiger partial charge < -0.3 is 5.32 Å². The zero-order valence-electron chi connectivity index (χ0n) is 11.6. The van der Waals surface area contributed by atoms with E-state index in [9.17, 15) is 9.18 Å². The zero-order valence-corrected chi connectivity index (χ0v) is 11.6. The van der Waals surface area contributed by atoms with Crippen LogP contribution in [0.5, 0.6) is 0 Å². The number of nitrogens with one attached hydrogen (secondary N) is 1. The average Bonchev–Trinajstić information content (AvgIpc) is 2.90. The molecule has 0 aromatic heterocycles. The second kappa shape index (κ2) is 5.92. The first-order chi connectivity index (χ1) is 10.2. The second-order valence-electron chi connectivity index (χ2n) is 5.18. The summed E-state index contributed by atoms with van der Waals surface area (Å²) in [5.74, 6) is -0.403. The van der Waals surface area contributed by atoms with E-state index in [2.05, 4.69) is 17.4 Å². The Balaban J connectivity index is 1.64. The number of benzene rings is 2. The number of fused-ring (bicyclic) bond motifs is 1. The Morgan fingerprint density at radius 2 is 1.90 bits per heavy atom. The van der Waals surface area contributed by atoms with Gasteiger partial charge in [-0.1, -0.05) is 36.4 Å². The molecule has 3 heteroatoms. The summed E-state index contributed by atoms with van der Waals surface area (Å²) in [6, 6.07) is 14.3. The van der Waals surface area contributed by atoms with Gasteiger partial charge in [0.05, 0.1) is 6.04 Å². The molecule has 1 aliphatic carbocycles. The minimum Gasteiger partial charge on any atom is -0.346 e. The van der Waals surface area contributed by atoms with Gasteiger partial charge in [-0.3, -0.25) is 4.79 Å². The van der Waals surface area contributed by atoms with Crippen molar-refractivity contribution in [2.45, 2.75) is 18.9 Å². The third-order valence-electron chi connectivity index (χ3n) is 3.75. The number of hydrogen-bond acceptors (Lipinski definition) is 1. The van der Waals surface area contributed by atoms with Crippen molar-refractivity contribution < 1.29 is 9.18 Å². The van der Waals surface area contributed by atoms with E-state index in [-0.39, 0.29) is 17.8 Å². The molecule has 3 rings (SSSR count). The van der Waals surface area contributed by atoms with Crippen LogP contribution in [0.15, 0.2) is 54.6 Å². The summed E-state index contributed by atoms with van der Waals surface area (Å²) in [6.45, 7) is 0. The summed E-state index contributed by atoms with van der Waals surface area (Å²) in [5, 5.41) is 3.02. The molecule has 2 nitrogen and oxygen atoms in total. The monoisotopic (exact) mass is 281 g/mol. The standard InChI is InChI=1S/C18H16FNO/c19-15-9-5-13(6-10-15)7-12-18(21)20-17-11-8-14-3-1-2-4-16(14)17/h1-7,9-10,12,17H,8,11H2,(H,20,21)/b12-7+. The Bertz CT molecular complexity index is 676. The Kier molecular flexibility index (Phi) is 3.82. The van der Waals surface area contributed by atoms with Crippen LogP contribution >= 0.6 is 0 Å². The molecule has 0 heterocycles. The van der Waals surface area contributed by atoms with Crippen LogP contribution in [0.1, 0.15) is 29.2 Å². The molecular formula is C18H16FNO. The highest BCUT2D eigenvalue weighted by atomic mass is 19.1. The maximum Gasteiger partial charge on any atom is 0.244 e. The van der Waals surface area contributed by atoms with E-state index in [1.54, 1.807) is 18.2 Å². The predicted octanol–water partition coefficient (Wildman–Crippen LogP) is 3.64. The van der Waals surface area contributed by atoms with Gasteiger partial charge in [-0.05, 0) is 47.7 Å². The van der Waals surface area contributed by atoms with Crippen molar-refractivity contribution in [3.63, 3.8) is 0 Å². The number of aryl methyl sites for hydroxylation is 1. The molecule has 1 unspecified atom stereocenters. The lowest BCUT2D eigenvalue weighted by molar-refractivity contribution is -0.117. The molecule has 0 spiro atoms. The Hall–Kier alpha value is -2.42. The zero-order chi connectivity index (χ0) is 14.7. The Labute approximate surface area is 123 Å². The number of carbonyl (C=O) groups is 1. The number of halogens is 1. The van der Waals surface area contributed by atoms with Gasteiger partial charge in [0.25, 0.3) is 0 Å². The molecule has 0 saturated heterocycles. The number of hydrogen-bond donors (Lipinski definition) is 1. The van der Waals surface area contributed by atoms with Crippen molar-refractivity contribution in [3.05, 3.63) is 77.1 Å². The van der Waals surface area contributed by atoms with Crippen molar-refractivity contribution in [1.82, 2.24) is 5.32 Å². The molecule has 1 aliphatic rings. The largest absolute Gasteiger partial charge is 0.346 e. The molecule has 106 valence electrons. The molecule has 0 aliphatic heterocycles. The van der Waals surface area contributed by atoms with E-state index in [0.717, 1.165) is 18.4 Å². The quantitative estimate of drug-likeness (QED) is 0.855. The fourth-order valence-electron chi connectivity index (χ4n) is 2.67. The van der Waals surface area contributed by atoms with E-state index < -0.39 is 0 Å². The molecule has 0 radical (unpaired) electrons. The molecule has 0 bridgehead atoms. The fraction of sp³-hybridized carbons (Fsp3) is 0.167. The van der Waals surface area contributed by atoms with Gasteiger partial charge in [-0.2, -0.15) is 0 Å². The van der Waals surface area contributed by atoms with Crippen LogP contribution in [-0.4, -0.2) is 5.91 Å². The van der Waals surface area contributed by atoms with Crippen molar-refractivity contribution >= 4 is 12.0 Å². The van der Waals surface area contributed by atoms with Gasteiger partial charge in [0.1, 0.15) is 5.82 Å². The van der Waals surface area contributed by atoms with Crippen molar-refractivity contribution in [2.24, 2.45) is 0 Å². The molecule has 2 aromatic rings. The minimum absolute atomic E-state index is 0.0894. The van der Waals surface area contributed by atoms with Crippen LogP contribution in [0.4, 0.5) is 4.39 Å². The predicted molar refractivity (Wildman–Crippen MR) is 81.1 cm³/mol. The van der Waals surface area contributed by atoms with E-state index in [1.807, 2.05) is 12.1 Å². The van der Waals surface area contributed by atoms with Crippen LogP contribution < -0.4 is 5.32 Å². The van der Waals surface area contributed by atoms with E-state index in [4.69, 9.17) is 0 Å². The van der Waals surface area contributed by atoms with Crippen molar-refractivity contribution in [2.75, 3.05) is 0 Å². The van der Waals surface area contributed by atoms with E-state index in [0.29, 0.717) is 0 Å². The highest BCUT2D eigenvalue weighted by molar-refractivity contribution is 5.92. The van der Waals surface area contributed by atoms with Gasteiger partial charge in [0.15, 0.2) is 0 Å². The van der Waals surface area contributed by atoms with Gasteiger partial charge in [0, 0.05) is 6.08 Å². The fourth-order valence-corrected chi connectivity index (χ4v) is 2.67. The molecular weight excluding hydrogens is 265 g/mol. The SMILES string of the molecule is O=C(/C=C/c1ccc(F)cc1)NC1CCc2ccccc21. The number of rotatable bonds is 3. The number of carbonyl (C=O) groups excluding carboxylic acids is 1. The Morgan fingerprint density at radius 3 is 2.71 bits per heavy atom. The average molecular weight is 281 g/mol. The van der Waals surface area contributed by atoms with Crippen molar-refractivity contribution in [1.29, 1.82) is 0 Å². The van der Waals surface area contributed by atoms with Crippen LogP contribution in [0.25, 0.3) is 6.08 Å². The highest BCUT2D eigenvalue weighted by Crippen LogP contribution is 2.30. The lowest BCUT2D eigenvalue weighted by Crippen LogP contribution is -2.25. The molecule has 1 N–H and O–H groups in total. The molecule has 0 fully saturated rings. The normalized spacial score (nSPS) is 16.9. The smallest absolute Gasteiger partial charge is 0.244 e. The highest BCUT2D eigenvalue weighted by Gasteiger charge is 2.22. The first-order valence-electron chi connectivity index (χ1n) is 7.04. The van der Waals surface area contributed by atoms with Crippen LogP contribution in [0.2, 0.25) is 0 Å². The molecule has 21 heavy (non-hydrogen) atoms. The first kappa shape index (κ1) is 13.6. The molecule has 1 atom stereocenters. The lowest BCUT2D eigenvalue weighted by atomic mass is 10.1. The summed E-state index contributed by atoms with van der Waals surface area (Å²) in [5.41, 5.74) is 3.32. The molecule has 2 aromatic carbocycles. The first-order valence-corrected chi connectivity index (χ1v) is 7.04. The lowest BCUT2D eigenvalue weighted by Gasteiger charge is -2.12. The van der Waals surface area contributed by atoms with Gasteiger partial charge >= 0.3 is 0 Å². The summed E-state index contributed by atoms with van der Waals surface area (Å²) in [7, 11) is 0. The second-order valence-corrected chi connectivity index (χ2v) is 5.18. The topological polar surface area (TPSA) is 29.1 Å². The number of amides is 1. The maximum atomic E-state index is 12.8. The van der Waals surface area contributed by atoms with Gasteiger partial charge in [-0.15, -0.1) is 0 Å². The van der Waals surface area contributed by atoms with Gasteiger partial charge in [0.2, 0.25) is 5.91 Å². The summed E-state index contributed by atoms with van der Waals surface area (Å²) in [6.07, 6.45) is 5.13. The third kappa shape index (κ3) is 3.19. The van der Waals surface area contributed by atoms with Crippen LogP contribution in [-0.2, 0) is 11.2 Å². The molecule has 0 saturated carbocycles. The maximum absolute atomic E-state index is 12.8. The van der Waals surface area contributed by atoms with E-state index >= 15 is 0 Å². The van der Waals surface area contributed by atoms with Crippen LogP contribution in [0, 0.1) is 5.82 Å². The summed E-state index contributed by atoms with van der Waals surface area (Å²) >= 11 is 0. The molecule has 1 amide bonds. The van der Waals surface area contributed by atoms with Crippen molar-refractivity contribution in [3.8, 4) is 0 Å². The van der Waals surface area contributed by atoms with Gasteiger partial charge in [-0.25, -0.2) is 4.39 Å². The van der Waals surface area contributed by atoms with Crippen LogP contribution in [0.3, 0.4) is 0 Å². The Morgan fingerprint density at radius 1 is 1.14 bits per heavy atom. The summed E-state index contributed by atoms with van der Waals surface area (Å²) in [4.78, 5) is 12.0. The minimum atomic E-state index is -0.279. The van der Waals surface area contributed by atoms with E-state index in [1.165, 1.54) is 29.3 Å². The third-order valence-corrected chi connectivity index (χ3v) is 3.75.